The molecule has 7 heteroatoms. The number of hydrogen-bond donors (Lipinski definition) is 0. The van der Waals surface area contributed by atoms with Gasteiger partial charge in [0, 0.05) is 10.6 Å². The number of imide groups is 1. The van der Waals surface area contributed by atoms with Crippen LogP contribution in [0.3, 0.4) is 0 Å². The zero-order valence-electron chi connectivity index (χ0n) is 17.2. The number of amides is 2. The lowest BCUT2D eigenvalue weighted by Gasteiger charge is -2.12. The Bertz CT molecular complexity index is 1210. The second-order valence-corrected chi connectivity index (χ2v) is 9.13. The number of ether oxygens (including phenoxy) is 1. The van der Waals surface area contributed by atoms with E-state index in [0.717, 1.165) is 28.5 Å². The molecule has 0 N–H and O–H groups in total. The van der Waals surface area contributed by atoms with Crippen molar-refractivity contribution < 1.29 is 14.3 Å². The third kappa shape index (κ3) is 5.18. The van der Waals surface area contributed by atoms with E-state index >= 15 is 0 Å². The SMILES string of the molecule is Cc1ccc(CN2C(=O)S/C(=C\c3ccc(OCc4ccccc4Cl)c(Cl)c3)C2=O)cc1. The molecule has 0 aliphatic carbocycles. The predicted molar refractivity (Wildman–Crippen MR) is 130 cm³/mol. The van der Waals surface area contributed by atoms with Gasteiger partial charge in [-0.1, -0.05) is 77.3 Å². The monoisotopic (exact) mass is 483 g/mol. The molecule has 2 amide bonds. The molecule has 0 radical (unpaired) electrons. The number of hydrogen-bond acceptors (Lipinski definition) is 4. The molecule has 0 unspecified atom stereocenters. The average Bonchev–Trinajstić information content (AvgIpc) is 3.03. The van der Waals surface area contributed by atoms with Gasteiger partial charge in [0.25, 0.3) is 11.1 Å². The summed E-state index contributed by atoms with van der Waals surface area (Å²) in [7, 11) is 0. The van der Waals surface area contributed by atoms with Crippen molar-refractivity contribution in [2.75, 3.05) is 0 Å². The van der Waals surface area contributed by atoms with Gasteiger partial charge in [-0.15, -0.1) is 0 Å². The molecule has 1 heterocycles. The number of halogens is 2. The molecule has 3 aromatic rings. The van der Waals surface area contributed by atoms with Crippen LogP contribution in [0.25, 0.3) is 6.08 Å². The molecule has 4 rings (SSSR count). The molecule has 0 atom stereocenters. The first kappa shape index (κ1) is 22.5. The first-order chi connectivity index (χ1) is 15.4. The third-order valence-electron chi connectivity index (χ3n) is 4.93. The van der Waals surface area contributed by atoms with Crippen LogP contribution < -0.4 is 4.74 Å². The predicted octanol–water partition coefficient (Wildman–Crippen LogP) is 7.12. The number of nitrogens with zero attached hydrogens (tertiary/aromatic N) is 1. The summed E-state index contributed by atoms with van der Waals surface area (Å²) in [6.45, 7) is 2.53. The van der Waals surface area contributed by atoms with Crippen molar-refractivity contribution in [3.63, 3.8) is 0 Å². The average molecular weight is 484 g/mol. The fraction of sp³-hybridized carbons (Fsp3) is 0.120. The van der Waals surface area contributed by atoms with Gasteiger partial charge in [0.2, 0.25) is 0 Å². The zero-order chi connectivity index (χ0) is 22.7. The Kier molecular flexibility index (Phi) is 6.89. The summed E-state index contributed by atoms with van der Waals surface area (Å²) in [5, 5.41) is 0.749. The van der Waals surface area contributed by atoms with Crippen molar-refractivity contribution in [1.29, 1.82) is 0 Å². The summed E-state index contributed by atoms with van der Waals surface area (Å²) < 4.78 is 5.79. The van der Waals surface area contributed by atoms with Gasteiger partial charge < -0.3 is 4.74 Å². The molecule has 0 saturated carbocycles. The van der Waals surface area contributed by atoms with E-state index in [0.29, 0.717) is 26.3 Å². The second kappa shape index (κ2) is 9.82. The maximum Gasteiger partial charge on any atom is 0.293 e. The van der Waals surface area contributed by atoms with E-state index in [4.69, 9.17) is 27.9 Å². The van der Waals surface area contributed by atoms with Crippen LogP contribution in [-0.2, 0) is 17.9 Å². The molecule has 1 saturated heterocycles. The van der Waals surface area contributed by atoms with Crippen LogP contribution in [-0.4, -0.2) is 16.0 Å². The van der Waals surface area contributed by atoms with Crippen LogP contribution in [0.2, 0.25) is 10.0 Å². The van der Waals surface area contributed by atoms with Gasteiger partial charge in [-0.2, -0.15) is 0 Å². The van der Waals surface area contributed by atoms with Gasteiger partial charge in [-0.3, -0.25) is 14.5 Å². The lowest BCUT2D eigenvalue weighted by molar-refractivity contribution is -0.123. The molecule has 0 aromatic heterocycles. The van der Waals surface area contributed by atoms with Crippen LogP contribution >= 0.6 is 35.0 Å². The normalized spacial score (nSPS) is 15.0. The lowest BCUT2D eigenvalue weighted by atomic mass is 10.1. The van der Waals surface area contributed by atoms with Crippen molar-refractivity contribution >= 4 is 52.2 Å². The maximum atomic E-state index is 12.8. The number of carbonyl (C=O) groups is 2. The smallest absolute Gasteiger partial charge is 0.293 e. The van der Waals surface area contributed by atoms with Crippen LogP contribution in [0.1, 0.15) is 22.3 Å². The highest BCUT2D eigenvalue weighted by Gasteiger charge is 2.35. The summed E-state index contributed by atoms with van der Waals surface area (Å²) in [4.78, 5) is 26.8. The van der Waals surface area contributed by atoms with Crippen LogP contribution in [0, 0.1) is 6.92 Å². The first-order valence-electron chi connectivity index (χ1n) is 9.87. The number of carbonyl (C=O) groups excluding carboxylic acids is 2. The molecule has 4 nitrogen and oxygen atoms in total. The van der Waals surface area contributed by atoms with Gasteiger partial charge in [0.1, 0.15) is 12.4 Å². The van der Waals surface area contributed by atoms with Gasteiger partial charge in [-0.25, -0.2) is 0 Å². The Morgan fingerprint density at radius 1 is 0.969 bits per heavy atom. The molecular weight excluding hydrogens is 465 g/mol. The number of benzene rings is 3. The zero-order valence-corrected chi connectivity index (χ0v) is 19.5. The highest BCUT2D eigenvalue weighted by atomic mass is 35.5. The number of rotatable bonds is 6. The summed E-state index contributed by atoms with van der Waals surface area (Å²) in [5.41, 5.74) is 3.60. The lowest BCUT2D eigenvalue weighted by Crippen LogP contribution is -2.27. The molecule has 32 heavy (non-hydrogen) atoms. The minimum Gasteiger partial charge on any atom is -0.487 e. The van der Waals surface area contributed by atoms with Crippen molar-refractivity contribution in [2.24, 2.45) is 0 Å². The summed E-state index contributed by atoms with van der Waals surface area (Å²) >= 11 is 13.5. The van der Waals surface area contributed by atoms with E-state index < -0.39 is 0 Å². The Morgan fingerprint density at radius 3 is 2.44 bits per heavy atom. The van der Waals surface area contributed by atoms with Gasteiger partial charge in [-0.05, 0) is 54.1 Å². The van der Waals surface area contributed by atoms with E-state index in [9.17, 15) is 9.59 Å². The Balaban J connectivity index is 1.45. The first-order valence-corrected chi connectivity index (χ1v) is 11.4. The topological polar surface area (TPSA) is 46.6 Å². The molecule has 1 aliphatic heterocycles. The van der Waals surface area contributed by atoms with Gasteiger partial charge in [0.15, 0.2) is 0 Å². The fourth-order valence-electron chi connectivity index (χ4n) is 3.16. The summed E-state index contributed by atoms with van der Waals surface area (Å²) in [6, 6.07) is 20.4. The Morgan fingerprint density at radius 2 is 1.72 bits per heavy atom. The van der Waals surface area contributed by atoms with E-state index in [1.807, 2.05) is 49.4 Å². The molecule has 0 bridgehead atoms. The molecule has 162 valence electrons. The van der Waals surface area contributed by atoms with Crippen molar-refractivity contribution in [3.05, 3.63) is 104 Å². The van der Waals surface area contributed by atoms with Gasteiger partial charge in [0.05, 0.1) is 16.5 Å². The number of thioether (sulfide) groups is 1. The summed E-state index contributed by atoms with van der Waals surface area (Å²) in [6.07, 6.45) is 1.67. The molecule has 1 aliphatic rings. The van der Waals surface area contributed by atoms with E-state index in [-0.39, 0.29) is 24.3 Å². The molecular formula is C25H19Cl2NO3S. The van der Waals surface area contributed by atoms with Crippen LogP contribution in [0.4, 0.5) is 4.79 Å². The van der Waals surface area contributed by atoms with Crippen molar-refractivity contribution in [1.82, 2.24) is 4.90 Å². The number of aryl methyl sites for hydroxylation is 1. The van der Waals surface area contributed by atoms with E-state index in [1.165, 1.54) is 4.90 Å². The maximum absolute atomic E-state index is 12.8. The van der Waals surface area contributed by atoms with Gasteiger partial charge >= 0.3 is 0 Å². The van der Waals surface area contributed by atoms with E-state index in [2.05, 4.69) is 0 Å². The third-order valence-corrected chi connectivity index (χ3v) is 6.50. The quantitative estimate of drug-likeness (QED) is 0.350. The van der Waals surface area contributed by atoms with Crippen molar-refractivity contribution in [2.45, 2.75) is 20.1 Å². The fourth-order valence-corrected chi connectivity index (χ4v) is 4.43. The molecule has 3 aromatic carbocycles. The minimum atomic E-state index is -0.309. The molecule has 1 fully saturated rings. The largest absolute Gasteiger partial charge is 0.487 e. The Labute approximate surface area is 200 Å². The minimum absolute atomic E-state index is 0.248. The second-order valence-electron chi connectivity index (χ2n) is 7.32. The van der Waals surface area contributed by atoms with Crippen LogP contribution in [0.15, 0.2) is 71.6 Å². The van der Waals surface area contributed by atoms with Crippen LogP contribution in [0.5, 0.6) is 5.75 Å². The standard InChI is InChI=1S/C25H19Cl2NO3S/c1-16-6-8-17(9-7-16)14-28-24(29)23(32-25(28)30)13-18-10-11-22(21(27)12-18)31-15-19-4-2-3-5-20(19)26/h2-13H,14-15H2,1H3/b23-13-. The van der Waals surface area contributed by atoms with E-state index in [1.54, 1.807) is 30.3 Å². The molecule has 0 spiro atoms. The Hall–Kier alpha value is -2.73. The van der Waals surface area contributed by atoms with Crippen molar-refractivity contribution in [3.8, 4) is 5.75 Å². The highest BCUT2D eigenvalue weighted by molar-refractivity contribution is 8.18. The highest BCUT2D eigenvalue weighted by Crippen LogP contribution is 2.35. The summed E-state index contributed by atoms with van der Waals surface area (Å²) in [5.74, 6) is 0.201.